The highest BCUT2D eigenvalue weighted by atomic mass is 32.2. The second kappa shape index (κ2) is 11.5. The zero-order valence-corrected chi connectivity index (χ0v) is 26.1. The van der Waals surface area contributed by atoms with Crippen LogP contribution in [0.25, 0.3) is 0 Å². The molecule has 2 saturated heterocycles. The van der Waals surface area contributed by atoms with E-state index in [0.717, 1.165) is 11.6 Å². The van der Waals surface area contributed by atoms with Gasteiger partial charge in [0.25, 0.3) is 0 Å². The van der Waals surface area contributed by atoms with Crippen LogP contribution in [0.4, 0.5) is 26.7 Å². The summed E-state index contributed by atoms with van der Waals surface area (Å²) in [5.41, 5.74) is -3.04. The fourth-order valence-corrected chi connectivity index (χ4v) is 9.30. The minimum Gasteiger partial charge on any atom is -0.480 e. The fourth-order valence-electron chi connectivity index (χ4n) is 7.59. The van der Waals surface area contributed by atoms with Gasteiger partial charge >= 0.3 is 18.2 Å². The minimum absolute atomic E-state index is 0.108. The molecule has 13 heteroatoms. The Balaban J connectivity index is 1.59. The molecule has 3 aliphatic rings. The van der Waals surface area contributed by atoms with E-state index in [4.69, 9.17) is 0 Å². The second-order valence-electron chi connectivity index (χ2n) is 13.1. The highest BCUT2D eigenvalue weighted by Crippen LogP contribution is 2.51. The molecule has 246 valence electrons. The third-order valence-corrected chi connectivity index (χ3v) is 11.7. The first kappa shape index (κ1) is 33.2. The lowest BCUT2D eigenvalue weighted by atomic mass is 9.63. The van der Waals surface area contributed by atoms with Crippen molar-refractivity contribution in [2.75, 3.05) is 18.1 Å². The summed E-state index contributed by atoms with van der Waals surface area (Å²) < 4.78 is 94.5. The average molecular weight is 657 g/mol. The highest BCUT2D eigenvalue weighted by Gasteiger charge is 2.57. The smallest absolute Gasteiger partial charge is 0.426 e. The van der Waals surface area contributed by atoms with Crippen LogP contribution in [0.1, 0.15) is 62.3 Å². The Morgan fingerprint density at radius 3 is 2.31 bits per heavy atom. The molecule has 2 aliphatic heterocycles. The Morgan fingerprint density at radius 1 is 1.09 bits per heavy atom. The molecule has 1 N–H and O–H groups in total. The van der Waals surface area contributed by atoms with Crippen LogP contribution in [0, 0.1) is 11.7 Å². The predicted octanol–water partition coefficient (Wildman–Crippen LogP) is 5.79. The Bertz CT molecular complexity index is 1580. The summed E-state index contributed by atoms with van der Waals surface area (Å²) in [6.07, 6.45) is -3.83. The molecule has 0 radical (unpaired) electrons. The third kappa shape index (κ3) is 5.92. The van der Waals surface area contributed by atoms with Crippen molar-refractivity contribution in [3.05, 3.63) is 70.5 Å². The maximum absolute atomic E-state index is 15.0. The normalized spacial score (nSPS) is 26.2. The number of halogens is 5. The first-order chi connectivity index (χ1) is 20.9. The molecule has 45 heavy (non-hydrogen) atoms. The van der Waals surface area contributed by atoms with E-state index < -0.39 is 74.5 Å². The zero-order valence-electron chi connectivity index (χ0n) is 25.3. The first-order valence-electron chi connectivity index (χ1n) is 15.0. The number of rotatable bonds is 7. The molecule has 2 aromatic carbocycles. The number of carbonyl (C=O) groups is 2. The summed E-state index contributed by atoms with van der Waals surface area (Å²) in [7, 11) is -3.48. The number of fused-ring (bicyclic) bond motifs is 3. The Morgan fingerprint density at radius 2 is 1.76 bits per heavy atom. The highest BCUT2D eigenvalue weighted by molar-refractivity contribution is 7.91. The van der Waals surface area contributed by atoms with Gasteiger partial charge in [0.05, 0.1) is 11.5 Å². The third-order valence-electron chi connectivity index (χ3n) is 9.90. The van der Waals surface area contributed by atoms with E-state index in [-0.39, 0.29) is 30.9 Å². The average Bonchev–Trinajstić information content (AvgIpc) is 3.50. The van der Waals surface area contributed by atoms with Gasteiger partial charge < -0.3 is 14.9 Å². The number of alkyl halides is 4. The van der Waals surface area contributed by atoms with Gasteiger partial charge in [-0.2, -0.15) is 13.2 Å². The predicted molar refractivity (Wildman–Crippen MR) is 157 cm³/mol. The van der Waals surface area contributed by atoms with Gasteiger partial charge in [-0.1, -0.05) is 44.2 Å². The second-order valence-corrected chi connectivity index (χ2v) is 15.3. The number of aliphatic carboxylic acids is 1. The Hall–Kier alpha value is -3.22. The van der Waals surface area contributed by atoms with E-state index in [1.54, 1.807) is 30.9 Å². The lowest BCUT2D eigenvalue weighted by molar-refractivity contribution is -0.228. The number of nitrogens with zero attached hydrogens (tertiary/aromatic N) is 2. The van der Waals surface area contributed by atoms with Crippen molar-refractivity contribution < 1.29 is 45.1 Å². The zero-order chi connectivity index (χ0) is 33.1. The molecular formula is C32H37F5N2O5S. The first-order valence-corrected chi connectivity index (χ1v) is 16.9. The maximum Gasteiger partial charge on any atom is 0.426 e. The van der Waals surface area contributed by atoms with E-state index in [1.807, 2.05) is 0 Å². The van der Waals surface area contributed by atoms with Crippen LogP contribution in [0.15, 0.2) is 42.5 Å². The molecule has 0 bridgehead atoms. The van der Waals surface area contributed by atoms with Gasteiger partial charge in [0.2, 0.25) is 5.67 Å². The number of aryl methyl sites for hydroxylation is 1. The van der Waals surface area contributed by atoms with Gasteiger partial charge in [0.1, 0.15) is 11.9 Å². The molecule has 1 aliphatic carbocycles. The van der Waals surface area contributed by atoms with Gasteiger partial charge in [0, 0.05) is 24.0 Å². The molecule has 0 aromatic heterocycles. The van der Waals surface area contributed by atoms with Crippen molar-refractivity contribution in [1.82, 2.24) is 9.80 Å². The summed E-state index contributed by atoms with van der Waals surface area (Å²) in [6.45, 7) is 3.96. The number of hydrogen-bond donors (Lipinski definition) is 1. The molecule has 0 saturated carbocycles. The largest absolute Gasteiger partial charge is 0.480 e. The van der Waals surface area contributed by atoms with E-state index in [0.29, 0.717) is 37.3 Å². The summed E-state index contributed by atoms with van der Waals surface area (Å²) in [5.74, 6) is -2.74. The number of urea groups is 1. The monoisotopic (exact) mass is 656 g/mol. The molecule has 0 spiro atoms. The number of carbonyl (C=O) groups excluding carboxylic acids is 1. The van der Waals surface area contributed by atoms with Gasteiger partial charge in [0.15, 0.2) is 9.84 Å². The van der Waals surface area contributed by atoms with Crippen LogP contribution in [-0.2, 0) is 38.6 Å². The van der Waals surface area contributed by atoms with Crippen LogP contribution in [0.3, 0.4) is 0 Å². The Kier molecular flexibility index (Phi) is 8.50. The number of sulfone groups is 1. The molecule has 2 fully saturated rings. The van der Waals surface area contributed by atoms with Crippen molar-refractivity contribution in [2.45, 2.75) is 88.3 Å². The van der Waals surface area contributed by atoms with Crippen LogP contribution >= 0.6 is 0 Å². The molecule has 2 amide bonds. The quantitative estimate of drug-likeness (QED) is 0.381. The topological polar surface area (TPSA) is 95.0 Å². The van der Waals surface area contributed by atoms with Gasteiger partial charge in [-0.15, -0.1) is 0 Å². The van der Waals surface area contributed by atoms with E-state index in [9.17, 15) is 40.7 Å². The molecule has 5 atom stereocenters. The lowest BCUT2D eigenvalue weighted by Crippen LogP contribution is -2.60. The molecule has 3 unspecified atom stereocenters. The number of benzene rings is 2. The van der Waals surface area contributed by atoms with Crippen molar-refractivity contribution >= 4 is 21.8 Å². The van der Waals surface area contributed by atoms with Gasteiger partial charge in [-0.3, -0.25) is 0 Å². The number of likely N-dealkylation sites (tertiary alicyclic amines) is 1. The van der Waals surface area contributed by atoms with Crippen LogP contribution < -0.4 is 0 Å². The molecule has 7 nitrogen and oxygen atoms in total. The molecule has 5 rings (SSSR count). The van der Waals surface area contributed by atoms with Crippen LogP contribution in [-0.4, -0.2) is 77.7 Å². The lowest BCUT2D eigenvalue weighted by Gasteiger charge is -2.46. The fraction of sp³-hybridized carbons (Fsp3) is 0.562. The van der Waals surface area contributed by atoms with Crippen molar-refractivity contribution in [3.8, 4) is 0 Å². The minimum atomic E-state index is -5.13. The number of amides is 2. The molecular weight excluding hydrogens is 619 g/mol. The van der Waals surface area contributed by atoms with Gasteiger partial charge in [-0.25, -0.2) is 26.8 Å². The van der Waals surface area contributed by atoms with Crippen molar-refractivity contribution in [2.24, 2.45) is 5.92 Å². The molecule has 2 aromatic rings. The number of carboxylic acid groups (broad SMARTS) is 1. The SMILES string of the molecule is CC(C)C(C(=O)O)N(C(=O)N1CC[C@@]2(Cc3ccc(F)cc3)c3ccc(C(C)(F)C(F)(F)F)cc3CC[C@@H]12)C1CCS(=O)(=O)C1. The summed E-state index contributed by atoms with van der Waals surface area (Å²) >= 11 is 0. The van der Waals surface area contributed by atoms with Crippen LogP contribution in [0.2, 0.25) is 0 Å². The van der Waals surface area contributed by atoms with E-state index >= 15 is 4.39 Å². The number of carboxylic acids is 1. The van der Waals surface area contributed by atoms with Crippen molar-refractivity contribution in [3.63, 3.8) is 0 Å². The Labute approximate surface area is 259 Å². The molecule has 2 heterocycles. The summed E-state index contributed by atoms with van der Waals surface area (Å²) in [6, 6.07) is 6.41. The van der Waals surface area contributed by atoms with Crippen molar-refractivity contribution in [1.29, 1.82) is 0 Å². The van der Waals surface area contributed by atoms with Gasteiger partial charge in [-0.05, 0) is 79.3 Å². The van der Waals surface area contributed by atoms with E-state index in [1.165, 1.54) is 29.2 Å². The van der Waals surface area contributed by atoms with E-state index in [2.05, 4.69) is 0 Å². The number of hydrogen-bond acceptors (Lipinski definition) is 4. The standard InChI is InChI=1S/C32H37F5N2O5S/c1-19(2)27(28(40)41)39(24-12-15-45(43,44)18-24)29(42)38-14-13-31(17-20-4-8-23(33)9-5-20)25-10-7-22(30(3,34)32(35,36)37)16-21(25)6-11-26(31)38/h4-5,7-10,16,19,24,26-27H,6,11-15,17-18H2,1-3H3,(H,40,41)/t24?,26-,27?,30?,31-/m1/s1. The summed E-state index contributed by atoms with van der Waals surface area (Å²) in [4.78, 5) is 29.7. The summed E-state index contributed by atoms with van der Waals surface area (Å²) in [5, 5.41) is 10.2. The van der Waals surface area contributed by atoms with Crippen LogP contribution in [0.5, 0.6) is 0 Å². The maximum atomic E-state index is 15.0.